The van der Waals surface area contributed by atoms with Crippen molar-refractivity contribution in [2.45, 2.75) is 128 Å². The molecule has 3 aromatic rings. The second-order valence-corrected chi connectivity index (χ2v) is 23.5. The number of esters is 1. The number of pyridine rings is 1. The zero-order valence-corrected chi connectivity index (χ0v) is 49.6. The highest BCUT2D eigenvalue weighted by Crippen LogP contribution is 2.49. The van der Waals surface area contributed by atoms with Gasteiger partial charge < -0.3 is 59.1 Å². The van der Waals surface area contributed by atoms with E-state index in [1.54, 1.807) is 44.7 Å². The Bertz CT molecular complexity index is 3330. The van der Waals surface area contributed by atoms with Crippen LogP contribution in [0, 0.1) is 36.4 Å². The molecular formula is C60H71FIN5O15. The zero-order valence-electron chi connectivity index (χ0n) is 47.4. The molecule has 5 aliphatic heterocycles. The number of benzene rings is 2. The Hall–Kier alpha value is -6.47. The van der Waals surface area contributed by atoms with Crippen molar-refractivity contribution in [2.24, 2.45) is 23.7 Å². The fourth-order valence-corrected chi connectivity index (χ4v) is 13.3. The van der Waals surface area contributed by atoms with Crippen LogP contribution < -0.4 is 20.4 Å². The number of aromatic carboxylic acids is 1. The largest absolute Gasteiger partial charge is 0.507 e. The van der Waals surface area contributed by atoms with Gasteiger partial charge in [0.25, 0.3) is 11.7 Å². The number of alkyl halides is 1. The molecule has 7 aliphatic rings. The predicted octanol–water partition coefficient (Wildman–Crippen LogP) is 6.67. The molecule has 1 aromatic heterocycles. The highest BCUT2D eigenvalue weighted by Gasteiger charge is 2.53. The number of carboxylic acids is 1. The summed E-state index contributed by atoms with van der Waals surface area (Å²) in [6.07, 6.45) is 7.23. The number of halogens is 2. The Morgan fingerprint density at radius 1 is 0.866 bits per heavy atom. The van der Waals surface area contributed by atoms with Gasteiger partial charge in [0.2, 0.25) is 17.0 Å². The van der Waals surface area contributed by atoms with Crippen molar-refractivity contribution in [1.82, 2.24) is 19.7 Å². The van der Waals surface area contributed by atoms with Crippen molar-refractivity contribution in [3.63, 3.8) is 0 Å². The summed E-state index contributed by atoms with van der Waals surface area (Å²) in [5.74, 6) is -11.6. The number of carbonyl (C=O) groups is 6. The van der Waals surface area contributed by atoms with Crippen molar-refractivity contribution in [3.8, 4) is 11.5 Å². The van der Waals surface area contributed by atoms with Crippen LogP contribution in [0.1, 0.15) is 133 Å². The summed E-state index contributed by atoms with van der Waals surface area (Å²) >= 11 is 2.16. The maximum Gasteiger partial charge on any atom is 0.341 e. The number of anilines is 1. The first-order valence-corrected chi connectivity index (χ1v) is 29.3. The Morgan fingerprint density at radius 2 is 1.54 bits per heavy atom. The van der Waals surface area contributed by atoms with E-state index in [0.29, 0.717) is 60.2 Å². The number of ketones is 3. The molecule has 2 aromatic carbocycles. The van der Waals surface area contributed by atoms with E-state index in [0.717, 1.165) is 12.8 Å². The quantitative estimate of drug-likeness (QED) is 0.0896. The Balaban J connectivity index is 1.02. The SMILES string of the molecule is CO[C@H]1/C=C/O[C@@]2(C)Oc3c(C)c(O)c4c(c3C2=O)C(=O)C(N2CCC(N3CCN(c5c(F)cc6c(=O)c(C(=O)O)cn(C7CC7)c6c5CI)CC3)CC2)=C(NC(=O)/C(C)=C\C=C\[C@H](C)[C@H](O)[C@@H](C)[C@@H](O)[C@@H](C)[C@H](OC(C)=O)[C@@H]1C)C4=O. The number of phenolic OH excluding ortho intramolecular Hbond substituents is 1. The van der Waals surface area contributed by atoms with Crippen molar-refractivity contribution in [2.75, 3.05) is 51.3 Å². The molecule has 1 amide bonds. The van der Waals surface area contributed by atoms with Crippen LogP contribution in [0.15, 0.2) is 64.6 Å². The predicted molar refractivity (Wildman–Crippen MR) is 308 cm³/mol. The number of nitrogens with one attached hydrogen (secondary N) is 1. The number of aromatic nitrogens is 1. The summed E-state index contributed by atoms with van der Waals surface area (Å²) < 4.78 is 42.4. The molecule has 2 aliphatic carbocycles. The smallest absolute Gasteiger partial charge is 0.341 e. The van der Waals surface area contributed by atoms with Crippen LogP contribution in [-0.2, 0) is 28.2 Å². The Kier molecular flexibility index (Phi) is 17.3. The maximum absolute atomic E-state index is 16.4. The number of fused-ring (bicyclic) bond motifs is 15. The van der Waals surface area contributed by atoms with Crippen molar-refractivity contribution in [1.29, 1.82) is 0 Å². The Labute approximate surface area is 487 Å². The molecule has 0 spiro atoms. The van der Waals surface area contributed by atoms with Crippen molar-refractivity contribution in [3.05, 3.63) is 109 Å². The molecule has 1 saturated carbocycles. The van der Waals surface area contributed by atoms with E-state index in [4.69, 9.17) is 18.9 Å². The van der Waals surface area contributed by atoms with Crippen LogP contribution in [0.25, 0.3) is 10.9 Å². The zero-order chi connectivity index (χ0) is 59.5. The van der Waals surface area contributed by atoms with Gasteiger partial charge in [0.1, 0.15) is 40.4 Å². The number of amides is 1. The lowest BCUT2D eigenvalue weighted by Crippen LogP contribution is -2.54. The normalized spacial score (nSPS) is 29.5. The minimum absolute atomic E-state index is 0.00866. The van der Waals surface area contributed by atoms with Gasteiger partial charge in [-0.2, -0.15) is 0 Å². The maximum atomic E-state index is 16.4. The molecule has 10 rings (SSSR count). The number of aromatic hydroxyl groups is 1. The summed E-state index contributed by atoms with van der Waals surface area (Å²) in [7, 11) is 1.42. The topological polar surface area (TPSA) is 264 Å². The molecule has 5 N–H and O–H groups in total. The number of likely N-dealkylation sites (tertiary alicyclic amines) is 1. The van der Waals surface area contributed by atoms with E-state index in [1.807, 2.05) is 9.47 Å². The van der Waals surface area contributed by atoms with Crippen LogP contribution in [0.2, 0.25) is 0 Å². The van der Waals surface area contributed by atoms with Gasteiger partial charge in [0, 0.05) is 129 Å². The summed E-state index contributed by atoms with van der Waals surface area (Å²) in [6, 6.07) is 1.16. The second-order valence-electron chi connectivity index (χ2n) is 22.8. The fraction of sp³-hybridized carbons (Fsp3) is 0.517. The number of piperidine rings is 1. The van der Waals surface area contributed by atoms with Gasteiger partial charge in [-0.05, 0) is 51.7 Å². The third-order valence-corrected chi connectivity index (χ3v) is 18.3. The van der Waals surface area contributed by atoms with Crippen LogP contribution in [-0.4, -0.2) is 153 Å². The van der Waals surface area contributed by atoms with Gasteiger partial charge in [-0.3, -0.25) is 33.7 Å². The number of ether oxygens (including phenoxy) is 4. The minimum atomic E-state index is -2.15. The number of hydrogen-bond donors (Lipinski definition) is 5. The van der Waals surface area contributed by atoms with Crippen molar-refractivity contribution < 1.29 is 72.5 Å². The Morgan fingerprint density at radius 3 is 2.15 bits per heavy atom. The van der Waals surface area contributed by atoms with E-state index in [9.17, 15) is 44.4 Å². The molecule has 20 nitrogen and oxygen atoms in total. The van der Waals surface area contributed by atoms with Crippen LogP contribution in [0.5, 0.6) is 11.5 Å². The first-order valence-electron chi connectivity index (χ1n) is 27.8. The molecule has 0 radical (unpaired) electrons. The highest BCUT2D eigenvalue weighted by molar-refractivity contribution is 14.1. The molecule has 82 heavy (non-hydrogen) atoms. The molecule has 6 heterocycles. The number of hydrogen-bond acceptors (Lipinski definition) is 17. The van der Waals surface area contributed by atoms with Gasteiger partial charge in [0.15, 0.2) is 0 Å². The number of aliphatic hydroxyl groups excluding tert-OH is 2. The van der Waals surface area contributed by atoms with Gasteiger partial charge >= 0.3 is 17.7 Å². The summed E-state index contributed by atoms with van der Waals surface area (Å²) in [5.41, 5.74) is -1.27. The second kappa shape index (κ2) is 23.7. The van der Waals surface area contributed by atoms with E-state index < -0.39 is 128 Å². The molecule has 440 valence electrons. The monoisotopic (exact) mass is 1250 g/mol. The van der Waals surface area contributed by atoms with Crippen LogP contribution in [0.3, 0.4) is 0 Å². The third-order valence-electron chi connectivity index (χ3n) is 17.5. The standard InChI is InChI=1S/C60H71FIN5O15/c1-28-11-10-12-29(2)58(76)63-45-48(65-18-15-35(16-19-65)64-20-22-66(23-21-64)47-38(26-62)46-37(25-40(47)61)52(72)39(59(77)78)27-67(46)36-13-14-36)54(74)42-43(53(45)73)51(71)33(6)56-44(42)57(75)60(8,82-56)80-24-17-41(79-9)30(3)55(81-34(7)68)32(5)50(70)31(4)49(28)69/h10-12,17,24-25,27-28,30-32,35-36,41,49-50,55,69-71H,13-16,18-23,26H2,1-9H3,(H,63,76)(H,77,78)/b11-10+,24-17+,29-12-/t28-,30+,31+,32+,41-,49-,50+,55+,60-/m0/s1. The lowest BCUT2D eigenvalue weighted by Gasteiger charge is -2.44. The number of phenols is 1. The molecule has 22 heteroatoms. The summed E-state index contributed by atoms with van der Waals surface area (Å²) in [6.45, 7) is 14.7. The van der Waals surface area contributed by atoms with Gasteiger partial charge in [-0.15, -0.1) is 0 Å². The molecular weight excluding hydrogens is 1180 g/mol. The lowest BCUT2D eigenvalue weighted by atomic mass is 9.78. The first-order chi connectivity index (χ1) is 38.8. The van der Waals surface area contributed by atoms with Gasteiger partial charge in [0.05, 0.1) is 52.5 Å². The average molecular weight is 1250 g/mol. The van der Waals surface area contributed by atoms with E-state index >= 15 is 14.0 Å². The molecule has 2 saturated heterocycles. The molecule has 3 fully saturated rings. The van der Waals surface area contributed by atoms with E-state index in [1.165, 1.54) is 65.5 Å². The first kappa shape index (κ1) is 60.1. The lowest BCUT2D eigenvalue weighted by molar-refractivity contribution is -0.160. The number of aliphatic hydroxyl groups is 2. The third kappa shape index (κ3) is 10.9. The number of allylic oxidation sites excluding steroid dienone is 4. The number of carbonyl (C=O) groups excluding carboxylic acids is 5. The van der Waals surface area contributed by atoms with Gasteiger partial charge in [-0.25, -0.2) is 9.18 Å². The van der Waals surface area contributed by atoms with Crippen LogP contribution >= 0.6 is 22.6 Å². The highest BCUT2D eigenvalue weighted by atomic mass is 127. The van der Waals surface area contributed by atoms with Crippen molar-refractivity contribution >= 4 is 74.4 Å². The number of Topliss-reactive ketones (excluding diaryl/α,β-unsaturated/α-hetero) is 3. The molecule has 9 atom stereocenters. The number of piperazine rings is 1. The molecule has 0 unspecified atom stereocenters. The summed E-state index contributed by atoms with van der Waals surface area (Å²) in [4.78, 5) is 103. The van der Waals surface area contributed by atoms with E-state index in [2.05, 4.69) is 32.8 Å². The number of carboxylic acid groups (broad SMARTS) is 1. The number of rotatable bonds is 8. The van der Waals surface area contributed by atoms with E-state index in [-0.39, 0.29) is 58.7 Å². The minimum Gasteiger partial charge on any atom is -0.507 e. The molecule has 5 bridgehead atoms. The number of methoxy groups -OCH3 is 1. The average Bonchev–Trinajstić information content (AvgIpc) is 2.61. The fourth-order valence-electron chi connectivity index (χ4n) is 12.6. The summed E-state index contributed by atoms with van der Waals surface area (Å²) in [5, 5.41) is 47.6. The van der Waals surface area contributed by atoms with Gasteiger partial charge in [-0.1, -0.05) is 68.5 Å². The number of nitrogens with zero attached hydrogens (tertiary/aromatic N) is 4. The van der Waals surface area contributed by atoms with Crippen LogP contribution in [0.4, 0.5) is 10.1 Å².